The third-order valence-corrected chi connectivity index (χ3v) is 5.11. The van der Waals surface area contributed by atoms with E-state index in [1.54, 1.807) is 12.1 Å². The van der Waals surface area contributed by atoms with Crippen LogP contribution >= 0.6 is 24.0 Å². The summed E-state index contributed by atoms with van der Waals surface area (Å²) in [4.78, 5) is 7.39. The number of guanidine groups is 1. The molecule has 1 aliphatic heterocycles. The fourth-order valence-electron chi connectivity index (χ4n) is 3.50. The summed E-state index contributed by atoms with van der Waals surface area (Å²) < 4.78 is 0. The normalized spacial score (nSPS) is 19.0. The van der Waals surface area contributed by atoms with Gasteiger partial charge in [0.2, 0.25) is 0 Å². The topological polar surface area (TPSA) is 59.9 Å². The standard InChI is InChI=1S/C20H32N4O.HI/c1-2-21-20(22-13-3-4-16-5-9-19(25)10-6-16)23-17-11-14-24(15-12-17)18-7-8-18;/h5-6,9-10,17-18,25H,2-4,7-8,11-15H2,1H3,(H2,21,22,23);1H. The van der Waals surface area contributed by atoms with Gasteiger partial charge in [-0.3, -0.25) is 4.99 Å². The summed E-state index contributed by atoms with van der Waals surface area (Å²) in [5, 5.41) is 16.3. The third-order valence-electron chi connectivity index (χ3n) is 5.11. The molecule has 0 bridgehead atoms. The van der Waals surface area contributed by atoms with Gasteiger partial charge in [0, 0.05) is 38.3 Å². The number of nitrogens with zero attached hydrogens (tertiary/aromatic N) is 2. The molecule has 1 saturated carbocycles. The summed E-state index contributed by atoms with van der Waals surface area (Å²) in [5.74, 6) is 1.28. The number of hydrogen-bond acceptors (Lipinski definition) is 3. The summed E-state index contributed by atoms with van der Waals surface area (Å²) in [6, 6.07) is 8.90. The van der Waals surface area contributed by atoms with Crippen LogP contribution in [0.5, 0.6) is 5.75 Å². The lowest BCUT2D eigenvalue weighted by Crippen LogP contribution is -2.49. The highest BCUT2D eigenvalue weighted by Crippen LogP contribution is 2.29. The van der Waals surface area contributed by atoms with Gasteiger partial charge in [-0.2, -0.15) is 0 Å². The molecule has 26 heavy (non-hydrogen) atoms. The first kappa shape index (κ1) is 21.3. The Morgan fingerprint density at radius 1 is 1.15 bits per heavy atom. The second-order valence-electron chi connectivity index (χ2n) is 7.22. The number of aliphatic imine (C=N–C) groups is 1. The molecule has 0 aromatic heterocycles. The molecule has 3 N–H and O–H groups in total. The molecular formula is C20H33IN4O. The molecule has 146 valence electrons. The van der Waals surface area contributed by atoms with Crippen molar-refractivity contribution < 1.29 is 5.11 Å². The largest absolute Gasteiger partial charge is 0.508 e. The van der Waals surface area contributed by atoms with Crippen LogP contribution in [0.4, 0.5) is 0 Å². The maximum atomic E-state index is 9.32. The van der Waals surface area contributed by atoms with Gasteiger partial charge >= 0.3 is 0 Å². The molecule has 1 saturated heterocycles. The molecule has 1 aromatic carbocycles. The molecule has 2 fully saturated rings. The molecule has 5 nitrogen and oxygen atoms in total. The highest BCUT2D eigenvalue weighted by molar-refractivity contribution is 14.0. The van der Waals surface area contributed by atoms with Crippen molar-refractivity contribution in [3.8, 4) is 5.75 Å². The molecule has 3 rings (SSSR count). The van der Waals surface area contributed by atoms with Gasteiger partial charge in [-0.15, -0.1) is 24.0 Å². The lowest BCUT2D eigenvalue weighted by Gasteiger charge is -2.33. The maximum absolute atomic E-state index is 9.32. The van der Waals surface area contributed by atoms with E-state index in [9.17, 15) is 5.11 Å². The van der Waals surface area contributed by atoms with E-state index in [0.717, 1.165) is 37.9 Å². The van der Waals surface area contributed by atoms with E-state index in [2.05, 4.69) is 22.5 Å². The minimum absolute atomic E-state index is 0. The van der Waals surface area contributed by atoms with E-state index in [0.29, 0.717) is 11.8 Å². The minimum atomic E-state index is 0. The number of aryl methyl sites for hydroxylation is 1. The number of halogens is 1. The zero-order valence-corrected chi connectivity index (χ0v) is 18.1. The van der Waals surface area contributed by atoms with Gasteiger partial charge in [0.05, 0.1) is 0 Å². The van der Waals surface area contributed by atoms with Gasteiger partial charge in [0.1, 0.15) is 5.75 Å². The number of rotatable bonds is 7. The van der Waals surface area contributed by atoms with Gasteiger partial charge < -0.3 is 20.6 Å². The predicted molar refractivity (Wildman–Crippen MR) is 119 cm³/mol. The minimum Gasteiger partial charge on any atom is -0.508 e. The average molecular weight is 472 g/mol. The van der Waals surface area contributed by atoms with Crippen LogP contribution in [0.3, 0.4) is 0 Å². The Kier molecular flexibility index (Phi) is 8.98. The van der Waals surface area contributed by atoms with Crippen LogP contribution in [0.1, 0.15) is 44.6 Å². The van der Waals surface area contributed by atoms with E-state index < -0.39 is 0 Å². The van der Waals surface area contributed by atoms with E-state index in [-0.39, 0.29) is 24.0 Å². The number of aromatic hydroxyl groups is 1. The molecule has 1 aromatic rings. The van der Waals surface area contributed by atoms with Crippen molar-refractivity contribution in [1.29, 1.82) is 0 Å². The summed E-state index contributed by atoms with van der Waals surface area (Å²) >= 11 is 0. The smallest absolute Gasteiger partial charge is 0.191 e. The molecule has 1 heterocycles. The molecule has 0 atom stereocenters. The Morgan fingerprint density at radius 2 is 1.85 bits per heavy atom. The number of benzene rings is 1. The van der Waals surface area contributed by atoms with E-state index in [1.807, 2.05) is 12.1 Å². The second-order valence-corrected chi connectivity index (χ2v) is 7.22. The fraction of sp³-hybridized carbons (Fsp3) is 0.650. The Labute approximate surface area is 174 Å². The summed E-state index contributed by atoms with van der Waals surface area (Å²) in [5.41, 5.74) is 1.25. The quantitative estimate of drug-likeness (QED) is 0.247. The monoisotopic (exact) mass is 472 g/mol. The number of piperidine rings is 1. The van der Waals surface area contributed by atoms with Crippen molar-refractivity contribution in [3.05, 3.63) is 29.8 Å². The van der Waals surface area contributed by atoms with Crippen molar-refractivity contribution in [2.24, 2.45) is 4.99 Å². The molecule has 6 heteroatoms. The number of likely N-dealkylation sites (tertiary alicyclic amines) is 1. The molecule has 2 aliphatic rings. The van der Waals surface area contributed by atoms with Crippen molar-refractivity contribution >= 4 is 29.9 Å². The number of hydrogen-bond donors (Lipinski definition) is 3. The first-order valence-electron chi connectivity index (χ1n) is 9.81. The maximum Gasteiger partial charge on any atom is 0.191 e. The Hall–Kier alpha value is -1.02. The van der Waals surface area contributed by atoms with Crippen molar-refractivity contribution in [2.45, 2.75) is 57.5 Å². The van der Waals surface area contributed by atoms with Crippen molar-refractivity contribution in [1.82, 2.24) is 15.5 Å². The van der Waals surface area contributed by atoms with Crippen LogP contribution in [0.25, 0.3) is 0 Å². The lowest BCUT2D eigenvalue weighted by atomic mass is 10.1. The van der Waals surface area contributed by atoms with Crippen LogP contribution in [0.15, 0.2) is 29.3 Å². The average Bonchev–Trinajstić information content (AvgIpc) is 3.46. The molecule has 0 amide bonds. The predicted octanol–water partition coefficient (Wildman–Crippen LogP) is 3.12. The van der Waals surface area contributed by atoms with Gasteiger partial charge in [0.25, 0.3) is 0 Å². The lowest BCUT2D eigenvalue weighted by molar-refractivity contribution is 0.197. The molecule has 0 radical (unpaired) electrons. The molecule has 0 spiro atoms. The van der Waals surface area contributed by atoms with Gasteiger partial charge in [-0.1, -0.05) is 12.1 Å². The van der Waals surface area contributed by atoms with E-state index in [1.165, 1.54) is 44.3 Å². The summed E-state index contributed by atoms with van der Waals surface area (Å²) in [6.45, 7) is 6.27. The van der Waals surface area contributed by atoms with Crippen molar-refractivity contribution in [2.75, 3.05) is 26.2 Å². The Morgan fingerprint density at radius 3 is 2.46 bits per heavy atom. The number of nitrogens with one attached hydrogen (secondary N) is 2. The Bertz CT molecular complexity index is 551. The Balaban J connectivity index is 0.00000243. The third kappa shape index (κ3) is 6.95. The summed E-state index contributed by atoms with van der Waals surface area (Å²) in [7, 11) is 0. The fourth-order valence-corrected chi connectivity index (χ4v) is 3.50. The van der Waals surface area contributed by atoms with Crippen LogP contribution < -0.4 is 10.6 Å². The van der Waals surface area contributed by atoms with E-state index in [4.69, 9.17) is 4.99 Å². The van der Waals surface area contributed by atoms with Gasteiger partial charge in [-0.25, -0.2) is 0 Å². The van der Waals surface area contributed by atoms with Crippen LogP contribution in [0.2, 0.25) is 0 Å². The molecular weight excluding hydrogens is 439 g/mol. The van der Waals surface area contributed by atoms with Crippen LogP contribution in [0, 0.1) is 0 Å². The highest BCUT2D eigenvalue weighted by Gasteiger charge is 2.31. The first-order chi connectivity index (χ1) is 12.2. The molecule has 1 aliphatic carbocycles. The first-order valence-corrected chi connectivity index (χ1v) is 9.81. The molecule has 0 unspecified atom stereocenters. The summed E-state index contributed by atoms with van der Waals surface area (Å²) in [6.07, 6.45) is 7.25. The second kappa shape index (κ2) is 11.0. The van der Waals surface area contributed by atoms with Crippen molar-refractivity contribution in [3.63, 3.8) is 0 Å². The SMILES string of the molecule is CCNC(=NCCCc1ccc(O)cc1)NC1CCN(C2CC2)CC1.I. The zero-order chi connectivity index (χ0) is 17.5. The number of phenols is 1. The van der Waals surface area contributed by atoms with Gasteiger partial charge in [-0.05, 0) is 63.1 Å². The van der Waals surface area contributed by atoms with Crippen LogP contribution in [-0.2, 0) is 6.42 Å². The van der Waals surface area contributed by atoms with Crippen LogP contribution in [-0.4, -0.2) is 54.2 Å². The highest BCUT2D eigenvalue weighted by atomic mass is 127. The van der Waals surface area contributed by atoms with E-state index >= 15 is 0 Å². The number of phenolic OH excluding ortho intramolecular Hbond substituents is 1. The van der Waals surface area contributed by atoms with Gasteiger partial charge in [0.15, 0.2) is 5.96 Å². The zero-order valence-electron chi connectivity index (χ0n) is 15.8.